The van der Waals surface area contributed by atoms with Crippen molar-refractivity contribution in [2.45, 2.75) is 25.3 Å². The molecule has 1 unspecified atom stereocenters. The normalized spacial score (nSPS) is 16.0. The molecule has 0 radical (unpaired) electrons. The Morgan fingerprint density at radius 3 is 2.70 bits per heavy atom. The molecule has 1 aliphatic rings. The van der Waals surface area contributed by atoms with Crippen LogP contribution in [0.3, 0.4) is 0 Å². The van der Waals surface area contributed by atoms with Crippen LogP contribution in [0, 0.1) is 5.82 Å². The van der Waals surface area contributed by atoms with Crippen molar-refractivity contribution < 1.29 is 8.81 Å². The van der Waals surface area contributed by atoms with E-state index in [2.05, 4.69) is 20.5 Å². The van der Waals surface area contributed by atoms with Crippen molar-refractivity contribution in [3.8, 4) is 0 Å². The van der Waals surface area contributed by atoms with E-state index < -0.39 is 0 Å². The van der Waals surface area contributed by atoms with Gasteiger partial charge in [0, 0.05) is 20.1 Å². The number of rotatable bonds is 7. The lowest BCUT2D eigenvalue weighted by molar-refractivity contribution is 0.215. The predicted molar refractivity (Wildman–Crippen MR) is 117 cm³/mol. The highest BCUT2D eigenvalue weighted by Gasteiger charge is 2.25. The molecule has 1 aliphatic heterocycles. The van der Waals surface area contributed by atoms with Crippen molar-refractivity contribution in [2.75, 3.05) is 33.2 Å². The lowest BCUT2D eigenvalue weighted by Crippen LogP contribution is -2.43. The Morgan fingerprint density at radius 2 is 2.04 bits per heavy atom. The molecule has 3 rings (SSSR count). The Labute approximate surface area is 177 Å². The molecule has 1 aromatic heterocycles. The third-order valence-corrected chi connectivity index (χ3v) is 4.73. The Bertz CT molecular complexity index is 702. The minimum Gasteiger partial charge on any atom is -0.468 e. The average Bonchev–Trinajstić information content (AvgIpc) is 3.35. The zero-order valence-corrected chi connectivity index (χ0v) is 18.0. The maximum Gasteiger partial charge on any atom is 0.191 e. The zero-order valence-electron chi connectivity index (χ0n) is 15.7. The number of furan rings is 1. The van der Waals surface area contributed by atoms with Crippen LogP contribution in [-0.4, -0.2) is 44.1 Å². The molecule has 2 aromatic rings. The van der Waals surface area contributed by atoms with Crippen molar-refractivity contribution in [3.05, 3.63) is 59.8 Å². The minimum absolute atomic E-state index is 0. The molecule has 0 bridgehead atoms. The van der Waals surface area contributed by atoms with E-state index in [1.54, 1.807) is 25.4 Å². The van der Waals surface area contributed by atoms with Gasteiger partial charge < -0.3 is 15.1 Å². The van der Waals surface area contributed by atoms with Crippen molar-refractivity contribution in [2.24, 2.45) is 4.99 Å². The van der Waals surface area contributed by atoms with Crippen LogP contribution in [-0.2, 0) is 6.42 Å². The van der Waals surface area contributed by atoms with E-state index in [9.17, 15) is 4.39 Å². The second kappa shape index (κ2) is 11.3. The fourth-order valence-electron chi connectivity index (χ4n) is 3.38. The first-order valence-corrected chi connectivity index (χ1v) is 9.22. The van der Waals surface area contributed by atoms with Crippen LogP contribution in [0.4, 0.5) is 4.39 Å². The van der Waals surface area contributed by atoms with Gasteiger partial charge in [-0.15, -0.1) is 24.0 Å². The van der Waals surface area contributed by atoms with Gasteiger partial charge in [0.1, 0.15) is 11.6 Å². The van der Waals surface area contributed by atoms with Crippen LogP contribution in [0.15, 0.2) is 52.1 Å². The molecule has 0 saturated carbocycles. The number of hydrogen-bond donors (Lipinski definition) is 2. The van der Waals surface area contributed by atoms with Crippen LogP contribution in [0.1, 0.15) is 30.2 Å². The van der Waals surface area contributed by atoms with Crippen LogP contribution in [0.2, 0.25) is 0 Å². The number of benzene rings is 1. The first kappa shape index (κ1) is 21.7. The van der Waals surface area contributed by atoms with Crippen molar-refractivity contribution in [1.82, 2.24) is 15.5 Å². The standard InChI is InChI=1S/C20H27FN4O.HI/c1-22-20(23-10-9-16-6-4-7-17(21)14-16)24-15-18(19-8-5-13-26-19)25-11-2-3-12-25;/h4-8,13-14,18H,2-3,9-12,15H2,1H3,(H2,22,23,24);1H. The maximum absolute atomic E-state index is 13.2. The Hall–Kier alpha value is -1.61. The summed E-state index contributed by atoms with van der Waals surface area (Å²) in [6, 6.07) is 10.9. The molecule has 7 heteroatoms. The largest absolute Gasteiger partial charge is 0.468 e. The number of likely N-dealkylation sites (tertiary alicyclic amines) is 1. The molecule has 1 saturated heterocycles. The van der Waals surface area contributed by atoms with Gasteiger partial charge in [-0.25, -0.2) is 4.39 Å². The SMILES string of the molecule is CN=C(NCCc1cccc(F)c1)NCC(c1ccco1)N1CCCC1.I. The van der Waals surface area contributed by atoms with E-state index in [4.69, 9.17) is 4.42 Å². The number of guanidine groups is 1. The van der Waals surface area contributed by atoms with E-state index in [0.29, 0.717) is 6.54 Å². The monoisotopic (exact) mass is 486 g/mol. The third kappa shape index (κ3) is 6.49. The molecule has 2 N–H and O–H groups in total. The molecule has 2 heterocycles. The van der Waals surface area contributed by atoms with E-state index in [-0.39, 0.29) is 35.8 Å². The number of nitrogens with one attached hydrogen (secondary N) is 2. The van der Waals surface area contributed by atoms with E-state index in [0.717, 1.165) is 43.3 Å². The van der Waals surface area contributed by atoms with E-state index in [1.165, 1.54) is 18.9 Å². The summed E-state index contributed by atoms with van der Waals surface area (Å²) >= 11 is 0. The summed E-state index contributed by atoms with van der Waals surface area (Å²) in [4.78, 5) is 6.74. The molecule has 0 amide bonds. The highest BCUT2D eigenvalue weighted by molar-refractivity contribution is 14.0. The number of hydrogen-bond acceptors (Lipinski definition) is 3. The molecule has 148 valence electrons. The van der Waals surface area contributed by atoms with Gasteiger partial charge in [0.2, 0.25) is 0 Å². The van der Waals surface area contributed by atoms with Crippen LogP contribution < -0.4 is 10.6 Å². The molecule has 27 heavy (non-hydrogen) atoms. The van der Waals surface area contributed by atoms with Gasteiger partial charge in [0.05, 0.1) is 12.3 Å². The molecule has 1 atom stereocenters. The summed E-state index contributed by atoms with van der Waals surface area (Å²) in [5, 5.41) is 6.69. The van der Waals surface area contributed by atoms with Gasteiger partial charge in [-0.3, -0.25) is 9.89 Å². The molecular weight excluding hydrogens is 458 g/mol. The molecule has 5 nitrogen and oxygen atoms in total. The first-order valence-electron chi connectivity index (χ1n) is 9.22. The highest BCUT2D eigenvalue weighted by atomic mass is 127. The lowest BCUT2D eigenvalue weighted by Gasteiger charge is -2.26. The molecule has 0 aliphatic carbocycles. The quantitative estimate of drug-likeness (QED) is 0.357. The Morgan fingerprint density at radius 1 is 1.22 bits per heavy atom. The fraction of sp³-hybridized carbons (Fsp3) is 0.450. The first-order chi connectivity index (χ1) is 12.8. The molecule has 1 fully saturated rings. The van der Waals surface area contributed by atoms with Gasteiger partial charge in [-0.1, -0.05) is 12.1 Å². The maximum atomic E-state index is 13.2. The van der Waals surface area contributed by atoms with Crippen molar-refractivity contribution in [3.63, 3.8) is 0 Å². The van der Waals surface area contributed by atoms with Gasteiger partial charge in [0.15, 0.2) is 5.96 Å². The number of nitrogens with zero attached hydrogens (tertiary/aromatic N) is 2. The summed E-state index contributed by atoms with van der Waals surface area (Å²) in [5.41, 5.74) is 0.971. The number of halogens is 2. The summed E-state index contributed by atoms with van der Waals surface area (Å²) in [6.07, 6.45) is 4.94. The molecular formula is C20H28FIN4O. The van der Waals surface area contributed by atoms with Gasteiger partial charge in [0.25, 0.3) is 0 Å². The summed E-state index contributed by atoms with van der Waals surface area (Å²) < 4.78 is 18.9. The summed E-state index contributed by atoms with van der Waals surface area (Å²) in [6.45, 7) is 3.61. The topological polar surface area (TPSA) is 52.8 Å². The van der Waals surface area contributed by atoms with Gasteiger partial charge >= 0.3 is 0 Å². The van der Waals surface area contributed by atoms with Gasteiger partial charge in [-0.05, 0) is 62.2 Å². The Balaban J connectivity index is 0.00000261. The van der Waals surface area contributed by atoms with Crippen LogP contribution in [0.5, 0.6) is 0 Å². The third-order valence-electron chi connectivity index (χ3n) is 4.73. The van der Waals surface area contributed by atoms with Crippen molar-refractivity contribution in [1.29, 1.82) is 0 Å². The van der Waals surface area contributed by atoms with E-state index >= 15 is 0 Å². The summed E-state index contributed by atoms with van der Waals surface area (Å²) in [7, 11) is 1.76. The molecule has 0 spiro atoms. The second-order valence-electron chi connectivity index (χ2n) is 6.53. The van der Waals surface area contributed by atoms with E-state index in [1.807, 2.05) is 18.2 Å². The van der Waals surface area contributed by atoms with Crippen LogP contribution >= 0.6 is 24.0 Å². The zero-order chi connectivity index (χ0) is 18.2. The van der Waals surface area contributed by atoms with Crippen LogP contribution in [0.25, 0.3) is 0 Å². The lowest BCUT2D eigenvalue weighted by atomic mass is 10.1. The highest BCUT2D eigenvalue weighted by Crippen LogP contribution is 2.24. The smallest absolute Gasteiger partial charge is 0.191 e. The Kier molecular flexibility index (Phi) is 9.06. The van der Waals surface area contributed by atoms with Crippen molar-refractivity contribution >= 4 is 29.9 Å². The predicted octanol–water partition coefficient (Wildman–Crippen LogP) is 3.58. The minimum atomic E-state index is -0.197. The molecule has 1 aromatic carbocycles. The second-order valence-corrected chi connectivity index (χ2v) is 6.53. The number of aliphatic imine (C=N–C) groups is 1. The summed E-state index contributed by atoms with van der Waals surface area (Å²) in [5.74, 6) is 1.53. The average molecular weight is 486 g/mol. The fourth-order valence-corrected chi connectivity index (χ4v) is 3.38. The van der Waals surface area contributed by atoms with Gasteiger partial charge in [-0.2, -0.15) is 0 Å².